The van der Waals surface area contributed by atoms with Crippen LogP contribution in [0.15, 0.2) is 48.6 Å². The zero-order chi connectivity index (χ0) is 54.8. The fourth-order valence-electron chi connectivity index (χ4n) is 9.13. The molecule has 0 saturated heterocycles. The predicted molar refractivity (Wildman–Crippen MR) is 315 cm³/mol. The molecule has 0 aromatic heterocycles. The van der Waals surface area contributed by atoms with Crippen molar-refractivity contribution in [3.63, 3.8) is 0 Å². The van der Waals surface area contributed by atoms with E-state index in [1.54, 1.807) is 0 Å². The lowest BCUT2D eigenvalue weighted by molar-refractivity contribution is -0.870. The van der Waals surface area contributed by atoms with E-state index < -0.39 is 24.3 Å². The Morgan fingerprint density at radius 3 is 1.08 bits per heavy atom. The van der Waals surface area contributed by atoms with Crippen LogP contribution in [0.1, 0.15) is 296 Å². The summed E-state index contributed by atoms with van der Waals surface area (Å²) in [7, 11) is 5.92. The van der Waals surface area contributed by atoms with Crippen LogP contribution in [0, 0.1) is 0 Å². The van der Waals surface area contributed by atoms with E-state index in [2.05, 4.69) is 62.5 Å². The van der Waals surface area contributed by atoms with Gasteiger partial charge in [-0.3, -0.25) is 9.59 Å². The van der Waals surface area contributed by atoms with E-state index in [4.69, 9.17) is 18.9 Å². The Morgan fingerprint density at radius 2 is 0.720 bits per heavy atom. The topological polar surface area (TPSA) is 111 Å². The highest BCUT2D eigenvalue weighted by atomic mass is 16.7. The van der Waals surface area contributed by atoms with Crippen LogP contribution in [-0.4, -0.2) is 82.3 Å². The summed E-state index contributed by atoms with van der Waals surface area (Å²) in [5.41, 5.74) is 0. The molecule has 438 valence electrons. The first kappa shape index (κ1) is 72.2. The highest BCUT2D eigenvalue weighted by molar-refractivity contribution is 5.70. The number of hydrogen-bond acceptors (Lipinski definition) is 8. The first-order chi connectivity index (χ1) is 36.6. The summed E-state index contributed by atoms with van der Waals surface area (Å²) in [6.45, 7) is 4.76. The normalized spacial score (nSPS) is 13.0. The van der Waals surface area contributed by atoms with Gasteiger partial charge in [-0.1, -0.05) is 255 Å². The molecule has 0 amide bonds. The third-order valence-corrected chi connectivity index (χ3v) is 14.0. The van der Waals surface area contributed by atoms with Gasteiger partial charge in [0.25, 0.3) is 0 Å². The molecule has 0 radical (unpaired) electrons. The molecule has 2 unspecified atom stereocenters. The summed E-state index contributed by atoms with van der Waals surface area (Å²) < 4.78 is 22.7. The van der Waals surface area contributed by atoms with E-state index in [0.717, 1.165) is 70.6 Å². The number of carboxylic acids is 1. The third kappa shape index (κ3) is 58.8. The molecule has 0 heterocycles. The SMILES string of the molecule is CCCCCCC/C=C\C/C=C\C/C=C\CCCCCCCCC(=O)OC(COC(=O)CCCCCCCCCCCCCCCCCCC/C=C\CCCCCCCCCC)COC(OCC[N+](C)(C)C)C(=O)[O-]. The number of ether oxygens (including phenoxy) is 4. The lowest BCUT2D eigenvalue weighted by Gasteiger charge is -2.26. The molecule has 2 atom stereocenters. The second kappa shape index (κ2) is 57.4. The molecule has 0 bridgehead atoms. The van der Waals surface area contributed by atoms with Crippen LogP contribution in [-0.2, 0) is 33.3 Å². The maximum absolute atomic E-state index is 12.9. The number of carbonyl (C=O) groups excluding carboxylic acids is 3. The minimum atomic E-state index is -1.63. The van der Waals surface area contributed by atoms with E-state index in [0.29, 0.717) is 23.9 Å². The van der Waals surface area contributed by atoms with Crippen molar-refractivity contribution in [1.82, 2.24) is 0 Å². The molecule has 0 aromatic carbocycles. The van der Waals surface area contributed by atoms with Crippen molar-refractivity contribution in [2.45, 2.75) is 309 Å². The number of nitrogens with zero attached hydrogens (tertiary/aromatic N) is 1. The Bertz CT molecular complexity index is 1370. The number of rotatable bonds is 59. The number of esters is 2. The molecule has 9 heteroatoms. The summed E-state index contributed by atoms with van der Waals surface area (Å²) in [6.07, 6.45) is 68.9. The van der Waals surface area contributed by atoms with Gasteiger partial charge in [0.15, 0.2) is 12.4 Å². The van der Waals surface area contributed by atoms with E-state index in [-0.39, 0.29) is 32.2 Å². The van der Waals surface area contributed by atoms with Crippen LogP contribution in [0.4, 0.5) is 0 Å². The lowest BCUT2D eigenvalue weighted by Crippen LogP contribution is -2.44. The van der Waals surface area contributed by atoms with Crippen molar-refractivity contribution in [3.05, 3.63) is 48.6 Å². The Kier molecular flexibility index (Phi) is 55.3. The lowest BCUT2D eigenvalue weighted by atomic mass is 10.0. The van der Waals surface area contributed by atoms with Crippen LogP contribution < -0.4 is 5.11 Å². The fourth-order valence-corrected chi connectivity index (χ4v) is 9.13. The summed E-state index contributed by atoms with van der Waals surface area (Å²) in [5, 5.41) is 11.8. The largest absolute Gasteiger partial charge is 0.545 e. The van der Waals surface area contributed by atoms with Crippen molar-refractivity contribution in [2.75, 3.05) is 47.5 Å². The quantitative estimate of drug-likeness (QED) is 0.0195. The van der Waals surface area contributed by atoms with Crippen LogP contribution in [0.25, 0.3) is 0 Å². The van der Waals surface area contributed by atoms with Gasteiger partial charge in [-0.05, 0) is 77.0 Å². The van der Waals surface area contributed by atoms with E-state index in [9.17, 15) is 19.5 Å². The highest BCUT2D eigenvalue weighted by Crippen LogP contribution is 2.17. The monoisotopic (exact) mass is 1060 g/mol. The molecule has 9 nitrogen and oxygen atoms in total. The van der Waals surface area contributed by atoms with E-state index in [1.807, 2.05) is 21.1 Å². The molecule has 75 heavy (non-hydrogen) atoms. The third-order valence-electron chi connectivity index (χ3n) is 14.0. The molecule has 0 aromatic rings. The van der Waals surface area contributed by atoms with Crippen molar-refractivity contribution in [3.8, 4) is 0 Å². The molecule has 0 rings (SSSR count). The number of carbonyl (C=O) groups is 3. The molecule has 0 aliphatic carbocycles. The maximum Gasteiger partial charge on any atom is 0.306 e. The summed E-state index contributed by atoms with van der Waals surface area (Å²) >= 11 is 0. The first-order valence-corrected chi connectivity index (χ1v) is 31.8. The van der Waals surface area contributed by atoms with Gasteiger partial charge in [-0.15, -0.1) is 0 Å². The van der Waals surface area contributed by atoms with Gasteiger partial charge in [0.2, 0.25) is 0 Å². The molecule has 0 aliphatic heterocycles. The summed E-state index contributed by atoms with van der Waals surface area (Å²) in [4.78, 5) is 37.4. The molecule has 0 fully saturated rings. The first-order valence-electron chi connectivity index (χ1n) is 31.8. The molecule has 0 spiro atoms. The Labute approximate surface area is 463 Å². The number of allylic oxidation sites excluding steroid dienone is 8. The van der Waals surface area contributed by atoms with Gasteiger partial charge in [0.1, 0.15) is 13.2 Å². The number of quaternary nitrogens is 1. The van der Waals surface area contributed by atoms with Crippen LogP contribution in [0.3, 0.4) is 0 Å². The minimum Gasteiger partial charge on any atom is -0.545 e. The van der Waals surface area contributed by atoms with Gasteiger partial charge in [0, 0.05) is 12.8 Å². The second-order valence-electron chi connectivity index (χ2n) is 22.7. The fraction of sp³-hybridized carbons (Fsp3) is 0.833. The average Bonchev–Trinajstić information content (AvgIpc) is 3.38. The maximum atomic E-state index is 12.9. The summed E-state index contributed by atoms with van der Waals surface area (Å²) in [5.74, 6) is -2.29. The van der Waals surface area contributed by atoms with Crippen LogP contribution in [0.2, 0.25) is 0 Å². The minimum absolute atomic E-state index is 0.145. The predicted octanol–water partition coefficient (Wildman–Crippen LogP) is 17.7. The van der Waals surface area contributed by atoms with Crippen molar-refractivity contribution in [2.24, 2.45) is 0 Å². The van der Waals surface area contributed by atoms with Crippen molar-refractivity contribution < 1.29 is 42.9 Å². The number of hydrogen-bond donors (Lipinski definition) is 0. The van der Waals surface area contributed by atoms with Crippen molar-refractivity contribution >= 4 is 17.9 Å². The standard InChI is InChI=1S/C66H121NO8/c1-6-8-10-12-14-16-18-20-22-24-26-28-29-30-31-32-33-34-35-37-38-40-42-44-46-48-50-52-54-56-63(68)73-60-62(61-74-66(65(70)71)72-59-58-67(3,4)5)75-64(69)57-55-53-51-49-47-45-43-41-39-36-27-25-23-21-19-17-15-13-11-9-7-2/h19,21,24-27,39,41,62,66H,6-18,20,22-23,28-38,40,42-61H2,1-5H3/b21-19-,26-24-,27-25-,41-39-. The van der Waals surface area contributed by atoms with Crippen molar-refractivity contribution in [1.29, 1.82) is 0 Å². The van der Waals surface area contributed by atoms with Gasteiger partial charge in [-0.2, -0.15) is 0 Å². The Hall–Kier alpha value is -2.75. The molecular formula is C66H121NO8. The zero-order valence-corrected chi connectivity index (χ0v) is 49.9. The molecule has 0 N–H and O–H groups in total. The van der Waals surface area contributed by atoms with E-state index >= 15 is 0 Å². The molecular weight excluding hydrogens is 935 g/mol. The zero-order valence-electron chi connectivity index (χ0n) is 49.9. The van der Waals surface area contributed by atoms with Gasteiger partial charge < -0.3 is 33.3 Å². The molecule has 0 saturated carbocycles. The van der Waals surface area contributed by atoms with Gasteiger partial charge in [-0.25, -0.2) is 0 Å². The average molecular weight is 1060 g/mol. The van der Waals surface area contributed by atoms with Crippen LogP contribution in [0.5, 0.6) is 0 Å². The summed E-state index contributed by atoms with van der Waals surface area (Å²) in [6, 6.07) is 0. The highest BCUT2D eigenvalue weighted by Gasteiger charge is 2.22. The molecule has 0 aliphatic rings. The van der Waals surface area contributed by atoms with E-state index in [1.165, 1.54) is 193 Å². The number of aliphatic carboxylic acids is 1. The smallest absolute Gasteiger partial charge is 0.306 e. The number of likely N-dealkylation sites (N-methyl/N-ethyl adjacent to an activating group) is 1. The Morgan fingerprint density at radius 1 is 0.400 bits per heavy atom. The van der Waals surface area contributed by atoms with Crippen LogP contribution >= 0.6 is 0 Å². The number of carboxylic acid groups (broad SMARTS) is 1. The number of unbranched alkanes of at least 4 members (excludes halogenated alkanes) is 36. The van der Waals surface area contributed by atoms with Gasteiger partial charge >= 0.3 is 11.9 Å². The second-order valence-corrected chi connectivity index (χ2v) is 22.7. The van der Waals surface area contributed by atoms with Gasteiger partial charge in [0.05, 0.1) is 40.3 Å². The Balaban J connectivity index is 4.16.